The van der Waals surface area contributed by atoms with Crippen LogP contribution >= 0.6 is 0 Å². The van der Waals surface area contributed by atoms with Crippen molar-refractivity contribution in [2.24, 2.45) is 0 Å². The second-order valence-corrected chi connectivity index (χ2v) is 4.89. The van der Waals surface area contributed by atoms with E-state index in [1.54, 1.807) is 6.07 Å². The maximum Gasteiger partial charge on any atom is 0.170 e. The van der Waals surface area contributed by atoms with Gasteiger partial charge in [-0.05, 0) is 32.4 Å². The predicted octanol–water partition coefficient (Wildman–Crippen LogP) is 3.21. The summed E-state index contributed by atoms with van der Waals surface area (Å²) in [6.07, 6.45) is 4.49. The summed E-state index contributed by atoms with van der Waals surface area (Å²) in [5.74, 6) is 0.0988. The van der Waals surface area contributed by atoms with E-state index in [9.17, 15) is 4.39 Å². The van der Waals surface area contributed by atoms with Crippen molar-refractivity contribution in [3.8, 4) is 5.75 Å². The largest absolute Gasteiger partial charge is 0.494 e. The topological polar surface area (TPSA) is 21.3 Å². The van der Waals surface area contributed by atoms with E-state index >= 15 is 0 Å². The molecule has 17 heavy (non-hydrogen) atoms. The highest BCUT2D eigenvalue weighted by atomic mass is 19.1. The molecular weight excluding hydrogens is 217 g/mol. The van der Waals surface area contributed by atoms with E-state index in [4.69, 9.17) is 4.74 Å². The van der Waals surface area contributed by atoms with Crippen molar-refractivity contribution in [2.75, 3.05) is 13.7 Å². The molecule has 1 aliphatic heterocycles. The summed E-state index contributed by atoms with van der Waals surface area (Å²) >= 11 is 0. The number of benzene rings is 1. The van der Waals surface area contributed by atoms with Crippen LogP contribution in [-0.4, -0.2) is 13.7 Å². The van der Waals surface area contributed by atoms with Crippen LogP contribution in [0, 0.1) is 5.82 Å². The minimum Gasteiger partial charge on any atom is -0.494 e. The van der Waals surface area contributed by atoms with Crippen LogP contribution in [0.1, 0.15) is 38.2 Å². The molecule has 1 N–H and O–H groups in total. The Morgan fingerprint density at radius 2 is 2.12 bits per heavy atom. The number of ether oxygens (including phenoxy) is 1. The molecule has 3 heteroatoms. The van der Waals surface area contributed by atoms with Gasteiger partial charge in [0.15, 0.2) is 11.6 Å². The quantitative estimate of drug-likeness (QED) is 0.852. The fraction of sp³-hybridized carbons (Fsp3) is 0.571. The zero-order chi connectivity index (χ0) is 12.3. The molecule has 0 spiro atoms. The van der Waals surface area contributed by atoms with Crippen molar-refractivity contribution < 1.29 is 9.13 Å². The van der Waals surface area contributed by atoms with Gasteiger partial charge in [-0.25, -0.2) is 4.39 Å². The van der Waals surface area contributed by atoms with E-state index in [0.717, 1.165) is 24.9 Å². The van der Waals surface area contributed by atoms with Crippen LogP contribution in [-0.2, 0) is 5.54 Å². The molecule has 0 aliphatic carbocycles. The maximum absolute atomic E-state index is 14.3. The average Bonchev–Trinajstić information content (AvgIpc) is 2.55. The molecule has 1 fully saturated rings. The van der Waals surface area contributed by atoms with Gasteiger partial charge in [-0.1, -0.05) is 25.0 Å². The first-order valence-corrected chi connectivity index (χ1v) is 6.25. The van der Waals surface area contributed by atoms with Gasteiger partial charge >= 0.3 is 0 Å². The number of hydrogen-bond donors (Lipinski definition) is 1. The number of hydrogen-bond acceptors (Lipinski definition) is 2. The van der Waals surface area contributed by atoms with Gasteiger partial charge in [-0.15, -0.1) is 0 Å². The SMILES string of the molecule is COc1cccc(C2(C)CCCCCN2)c1F. The summed E-state index contributed by atoms with van der Waals surface area (Å²) in [6, 6.07) is 5.38. The van der Waals surface area contributed by atoms with Gasteiger partial charge in [0, 0.05) is 11.1 Å². The van der Waals surface area contributed by atoms with Crippen LogP contribution in [0.4, 0.5) is 4.39 Å². The molecular formula is C14H20FNO. The van der Waals surface area contributed by atoms with Crippen molar-refractivity contribution >= 4 is 0 Å². The summed E-state index contributed by atoms with van der Waals surface area (Å²) in [5, 5.41) is 3.47. The third-order valence-electron chi connectivity index (χ3n) is 3.65. The molecule has 1 aromatic rings. The van der Waals surface area contributed by atoms with Crippen molar-refractivity contribution in [1.29, 1.82) is 0 Å². The first-order chi connectivity index (χ1) is 8.17. The van der Waals surface area contributed by atoms with Crippen LogP contribution < -0.4 is 10.1 Å². The minimum atomic E-state index is -0.269. The van der Waals surface area contributed by atoms with Crippen molar-refractivity contribution in [2.45, 2.75) is 38.1 Å². The molecule has 2 nitrogen and oxygen atoms in total. The Balaban J connectivity index is 2.37. The smallest absolute Gasteiger partial charge is 0.170 e. The molecule has 0 aromatic heterocycles. The van der Waals surface area contributed by atoms with Crippen molar-refractivity contribution in [3.63, 3.8) is 0 Å². The monoisotopic (exact) mass is 237 g/mol. The highest BCUT2D eigenvalue weighted by molar-refractivity contribution is 5.35. The summed E-state index contributed by atoms with van der Waals surface area (Å²) in [6.45, 7) is 3.03. The Labute approximate surface area is 102 Å². The van der Waals surface area contributed by atoms with Gasteiger partial charge < -0.3 is 10.1 Å². The van der Waals surface area contributed by atoms with Gasteiger partial charge in [-0.3, -0.25) is 0 Å². The molecule has 1 saturated heterocycles. The number of rotatable bonds is 2. The second kappa shape index (κ2) is 5.05. The molecule has 94 valence electrons. The Bertz CT molecular complexity index is 384. The average molecular weight is 237 g/mol. The van der Waals surface area contributed by atoms with E-state index in [-0.39, 0.29) is 11.4 Å². The van der Waals surface area contributed by atoms with E-state index < -0.39 is 0 Å². The number of halogens is 1. The maximum atomic E-state index is 14.3. The molecule has 1 atom stereocenters. The lowest BCUT2D eigenvalue weighted by Gasteiger charge is -2.30. The van der Waals surface area contributed by atoms with E-state index in [1.165, 1.54) is 20.0 Å². The van der Waals surface area contributed by atoms with Gasteiger partial charge in [0.05, 0.1) is 7.11 Å². The van der Waals surface area contributed by atoms with Gasteiger partial charge in [0.2, 0.25) is 0 Å². The summed E-state index contributed by atoms with van der Waals surface area (Å²) in [5.41, 5.74) is 0.452. The fourth-order valence-corrected chi connectivity index (χ4v) is 2.56. The molecule has 0 amide bonds. The molecule has 1 heterocycles. The van der Waals surface area contributed by atoms with Gasteiger partial charge in [0.1, 0.15) is 0 Å². The summed E-state index contributed by atoms with van der Waals surface area (Å²) in [7, 11) is 1.51. The molecule has 1 aliphatic rings. The lowest BCUT2D eigenvalue weighted by Crippen LogP contribution is -2.39. The summed E-state index contributed by atoms with van der Waals surface area (Å²) in [4.78, 5) is 0. The Hall–Kier alpha value is -1.09. The van der Waals surface area contributed by atoms with Crippen molar-refractivity contribution in [1.82, 2.24) is 5.32 Å². The van der Waals surface area contributed by atoms with Gasteiger partial charge in [-0.2, -0.15) is 0 Å². The predicted molar refractivity (Wildman–Crippen MR) is 66.8 cm³/mol. The molecule has 0 saturated carbocycles. The van der Waals surface area contributed by atoms with Crippen LogP contribution in [0.15, 0.2) is 18.2 Å². The van der Waals surface area contributed by atoms with E-state index in [1.807, 2.05) is 12.1 Å². The summed E-state index contributed by atoms with van der Waals surface area (Å²) < 4.78 is 19.3. The second-order valence-electron chi connectivity index (χ2n) is 4.89. The van der Waals surface area contributed by atoms with Gasteiger partial charge in [0.25, 0.3) is 0 Å². The third kappa shape index (κ3) is 2.44. The standard InChI is InChI=1S/C14H20FNO/c1-14(9-4-3-5-10-16-14)11-7-6-8-12(17-2)13(11)15/h6-8,16H,3-5,9-10H2,1-2H3. The number of nitrogens with one attached hydrogen (secondary N) is 1. The zero-order valence-electron chi connectivity index (χ0n) is 10.6. The Morgan fingerprint density at radius 1 is 1.29 bits per heavy atom. The first-order valence-electron chi connectivity index (χ1n) is 6.25. The first kappa shape index (κ1) is 12.4. The van der Waals surface area contributed by atoms with Crippen LogP contribution in [0.5, 0.6) is 5.75 Å². The molecule has 2 rings (SSSR count). The van der Waals surface area contributed by atoms with E-state index in [2.05, 4.69) is 12.2 Å². The fourth-order valence-electron chi connectivity index (χ4n) is 2.56. The number of methoxy groups -OCH3 is 1. The lowest BCUT2D eigenvalue weighted by atomic mass is 9.87. The minimum absolute atomic E-state index is 0.230. The molecule has 0 radical (unpaired) electrons. The Kier molecular flexibility index (Phi) is 3.67. The van der Waals surface area contributed by atoms with Crippen LogP contribution in [0.2, 0.25) is 0 Å². The van der Waals surface area contributed by atoms with Crippen molar-refractivity contribution in [3.05, 3.63) is 29.6 Å². The highest BCUT2D eigenvalue weighted by Crippen LogP contribution is 2.34. The molecule has 1 unspecified atom stereocenters. The zero-order valence-corrected chi connectivity index (χ0v) is 10.6. The van der Waals surface area contributed by atoms with E-state index in [0.29, 0.717) is 5.75 Å². The van der Waals surface area contributed by atoms with Crippen LogP contribution in [0.3, 0.4) is 0 Å². The highest BCUT2D eigenvalue weighted by Gasteiger charge is 2.30. The van der Waals surface area contributed by atoms with Crippen LogP contribution in [0.25, 0.3) is 0 Å². The Morgan fingerprint density at radius 3 is 2.88 bits per heavy atom. The molecule has 1 aromatic carbocycles. The molecule has 0 bridgehead atoms. The third-order valence-corrected chi connectivity index (χ3v) is 3.65. The normalized spacial score (nSPS) is 25.4. The lowest BCUT2D eigenvalue weighted by molar-refractivity contribution is 0.330.